The molecule has 1 unspecified atom stereocenters. The van der Waals surface area contributed by atoms with Crippen molar-refractivity contribution in [2.24, 2.45) is 0 Å². The van der Waals surface area contributed by atoms with Crippen LogP contribution in [0, 0.1) is 11.3 Å². The normalized spacial score (nSPS) is 16.2. The van der Waals surface area contributed by atoms with Crippen molar-refractivity contribution in [3.8, 4) is 6.07 Å². The number of hydrogen-bond acceptors (Lipinski definition) is 6. The Morgan fingerprint density at radius 3 is 2.67 bits per heavy atom. The van der Waals surface area contributed by atoms with Gasteiger partial charge in [0, 0.05) is 44.6 Å². The van der Waals surface area contributed by atoms with Crippen LogP contribution in [0.3, 0.4) is 0 Å². The molecule has 2 aromatic rings. The minimum absolute atomic E-state index is 0.391. The summed E-state index contributed by atoms with van der Waals surface area (Å²) in [5.41, 5.74) is 1.63. The van der Waals surface area contributed by atoms with E-state index in [-0.39, 0.29) is 0 Å². The highest BCUT2D eigenvalue weighted by molar-refractivity contribution is 5.43. The lowest BCUT2D eigenvalue weighted by atomic mass is 9.98. The molecule has 0 bridgehead atoms. The van der Waals surface area contributed by atoms with Crippen LogP contribution in [0.2, 0.25) is 0 Å². The molecule has 1 N–H and O–H groups in total. The van der Waals surface area contributed by atoms with Crippen LogP contribution in [-0.2, 0) is 0 Å². The average Bonchev–Trinajstić information content (AvgIpc) is 2.58. The van der Waals surface area contributed by atoms with Crippen molar-refractivity contribution >= 4 is 5.82 Å². The fraction of sp³-hybridized carbons (Fsp3) is 0.333. The van der Waals surface area contributed by atoms with Crippen molar-refractivity contribution in [2.75, 3.05) is 31.1 Å². The van der Waals surface area contributed by atoms with Crippen molar-refractivity contribution < 1.29 is 0 Å². The second kappa shape index (κ2) is 6.29. The van der Waals surface area contributed by atoms with Crippen molar-refractivity contribution in [3.05, 3.63) is 48.2 Å². The molecule has 3 heterocycles. The minimum Gasteiger partial charge on any atom is -0.354 e. The van der Waals surface area contributed by atoms with Gasteiger partial charge in [0.25, 0.3) is 0 Å². The van der Waals surface area contributed by atoms with Crippen LogP contribution in [0.15, 0.2) is 36.9 Å². The van der Waals surface area contributed by atoms with Crippen LogP contribution in [0.4, 0.5) is 5.82 Å². The maximum atomic E-state index is 9.48. The lowest BCUT2D eigenvalue weighted by Crippen LogP contribution is -2.43. The van der Waals surface area contributed by atoms with Crippen molar-refractivity contribution in [3.63, 3.8) is 0 Å². The fourth-order valence-electron chi connectivity index (χ4n) is 2.45. The molecule has 2 aromatic heterocycles. The van der Waals surface area contributed by atoms with Gasteiger partial charge in [-0.3, -0.25) is 4.98 Å². The lowest BCUT2D eigenvalue weighted by molar-refractivity contribution is 0.584. The summed E-state index contributed by atoms with van der Waals surface area (Å²) in [6, 6.07) is 7.93. The Bertz CT molecular complexity index is 630. The molecule has 0 aromatic carbocycles. The Hall–Kier alpha value is -2.52. The third-order valence-corrected chi connectivity index (χ3v) is 3.58. The summed E-state index contributed by atoms with van der Waals surface area (Å²) in [7, 11) is 0. The number of rotatable bonds is 3. The van der Waals surface area contributed by atoms with Gasteiger partial charge in [-0.1, -0.05) is 0 Å². The molecule has 6 heteroatoms. The van der Waals surface area contributed by atoms with Crippen LogP contribution in [0.5, 0.6) is 0 Å². The highest BCUT2D eigenvalue weighted by Gasteiger charge is 2.18. The monoisotopic (exact) mass is 280 g/mol. The fourth-order valence-corrected chi connectivity index (χ4v) is 2.45. The van der Waals surface area contributed by atoms with Crippen molar-refractivity contribution in [1.82, 2.24) is 20.3 Å². The van der Waals surface area contributed by atoms with E-state index >= 15 is 0 Å². The Morgan fingerprint density at radius 2 is 1.95 bits per heavy atom. The van der Waals surface area contributed by atoms with Gasteiger partial charge >= 0.3 is 0 Å². The summed E-state index contributed by atoms with van der Waals surface area (Å²) in [4.78, 5) is 14.8. The Kier molecular flexibility index (Phi) is 4.03. The molecular formula is C15H16N6. The van der Waals surface area contributed by atoms with E-state index in [9.17, 15) is 5.26 Å². The number of aromatic nitrogens is 3. The van der Waals surface area contributed by atoms with Crippen molar-refractivity contribution in [1.29, 1.82) is 5.26 Å². The van der Waals surface area contributed by atoms with E-state index in [1.165, 1.54) is 6.33 Å². The molecule has 106 valence electrons. The first-order chi connectivity index (χ1) is 10.4. The number of pyridine rings is 1. The van der Waals surface area contributed by atoms with E-state index in [1.807, 2.05) is 18.2 Å². The van der Waals surface area contributed by atoms with Gasteiger partial charge in [0.2, 0.25) is 0 Å². The number of piperazine rings is 1. The van der Waals surface area contributed by atoms with Crippen LogP contribution >= 0.6 is 0 Å². The predicted molar refractivity (Wildman–Crippen MR) is 78.8 cm³/mol. The summed E-state index contributed by atoms with van der Waals surface area (Å²) in [6.45, 7) is 3.74. The Morgan fingerprint density at radius 1 is 1.19 bits per heavy atom. The summed E-state index contributed by atoms with van der Waals surface area (Å²) in [5.74, 6) is 0.494. The highest BCUT2D eigenvalue weighted by Crippen LogP contribution is 2.24. The SMILES string of the molecule is N#CC(c1ccncc1)c1cc(N2CCNCC2)ncn1. The zero-order valence-electron chi connectivity index (χ0n) is 11.6. The van der Waals surface area contributed by atoms with Gasteiger partial charge in [-0.25, -0.2) is 9.97 Å². The molecule has 1 aliphatic heterocycles. The molecule has 1 aliphatic rings. The number of anilines is 1. The van der Waals surface area contributed by atoms with Crippen LogP contribution in [0.1, 0.15) is 17.2 Å². The summed E-state index contributed by atoms with van der Waals surface area (Å²) < 4.78 is 0. The van der Waals surface area contributed by atoms with Gasteiger partial charge in [-0.2, -0.15) is 5.26 Å². The first-order valence-corrected chi connectivity index (χ1v) is 6.95. The van der Waals surface area contributed by atoms with Crippen LogP contribution in [-0.4, -0.2) is 41.1 Å². The molecular weight excluding hydrogens is 264 g/mol. The second-order valence-corrected chi connectivity index (χ2v) is 4.88. The average molecular weight is 280 g/mol. The van der Waals surface area contributed by atoms with Gasteiger partial charge in [0.05, 0.1) is 11.8 Å². The van der Waals surface area contributed by atoms with Gasteiger partial charge in [-0.05, 0) is 17.7 Å². The van der Waals surface area contributed by atoms with Gasteiger partial charge in [0.1, 0.15) is 18.1 Å². The Labute approximate surface area is 123 Å². The first-order valence-electron chi connectivity index (χ1n) is 6.95. The molecule has 3 rings (SSSR count). The van der Waals surface area contributed by atoms with Crippen LogP contribution < -0.4 is 10.2 Å². The third-order valence-electron chi connectivity index (χ3n) is 3.58. The lowest BCUT2D eigenvalue weighted by Gasteiger charge is -2.28. The maximum Gasteiger partial charge on any atom is 0.132 e. The van der Waals surface area contributed by atoms with Crippen molar-refractivity contribution in [2.45, 2.75) is 5.92 Å². The second-order valence-electron chi connectivity index (χ2n) is 4.88. The maximum absolute atomic E-state index is 9.48. The van der Waals surface area contributed by atoms with Gasteiger partial charge in [-0.15, -0.1) is 0 Å². The molecule has 1 atom stereocenters. The van der Waals surface area contributed by atoms with E-state index in [0.717, 1.165) is 43.3 Å². The Balaban J connectivity index is 1.89. The largest absolute Gasteiger partial charge is 0.354 e. The molecule has 1 saturated heterocycles. The number of nitriles is 1. The summed E-state index contributed by atoms with van der Waals surface area (Å²) in [5, 5.41) is 12.8. The standard InChI is InChI=1S/C15H16N6/c16-10-13(12-1-3-17-4-2-12)14-9-15(20-11-19-14)21-7-5-18-6-8-21/h1-4,9,11,13,18H,5-8H2. The van der Waals surface area contributed by atoms with E-state index in [1.54, 1.807) is 12.4 Å². The molecule has 1 fully saturated rings. The van der Waals surface area contributed by atoms with Gasteiger partial charge < -0.3 is 10.2 Å². The van der Waals surface area contributed by atoms with E-state index in [4.69, 9.17) is 0 Å². The molecule has 0 saturated carbocycles. The minimum atomic E-state index is -0.391. The zero-order chi connectivity index (χ0) is 14.5. The molecule has 6 nitrogen and oxygen atoms in total. The quantitative estimate of drug-likeness (QED) is 0.901. The van der Waals surface area contributed by atoms with Gasteiger partial charge in [0.15, 0.2) is 0 Å². The number of nitrogens with one attached hydrogen (secondary N) is 1. The summed E-state index contributed by atoms with van der Waals surface area (Å²) in [6.07, 6.45) is 4.92. The molecule has 21 heavy (non-hydrogen) atoms. The van der Waals surface area contributed by atoms with E-state index in [2.05, 4.69) is 31.2 Å². The molecule has 0 radical (unpaired) electrons. The molecule has 0 amide bonds. The predicted octanol–water partition coefficient (Wildman–Crippen LogP) is 0.937. The summed E-state index contributed by atoms with van der Waals surface area (Å²) >= 11 is 0. The first kappa shape index (κ1) is 13.5. The zero-order valence-corrected chi connectivity index (χ0v) is 11.6. The third kappa shape index (κ3) is 2.98. The number of hydrogen-bond donors (Lipinski definition) is 1. The van der Waals surface area contributed by atoms with E-state index < -0.39 is 5.92 Å². The topological polar surface area (TPSA) is 77.7 Å². The van der Waals surface area contributed by atoms with Crippen LogP contribution in [0.25, 0.3) is 0 Å². The molecule has 0 spiro atoms. The number of nitrogens with zero attached hydrogens (tertiary/aromatic N) is 5. The van der Waals surface area contributed by atoms with E-state index in [0.29, 0.717) is 0 Å². The smallest absolute Gasteiger partial charge is 0.132 e. The molecule has 0 aliphatic carbocycles. The highest BCUT2D eigenvalue weighted by atomic mass is 15.2.